The molecule has 7 rings (SSSR count). The van der Waals surface area contributed by atoms with Crippen LogP contribution in [-0.2, 0) is 17.4 Å². The van der Waals surface area contributed by atoms with Gasteiger partial charge < -0.3 is 14.4 Å². The third-order valence-corrected chi connectivity index (χ3v) is 9.03. The van der Waals surface area contributed by atoms with Gasteiger partial charge in [-0.3, -0.25) is 14.4 Å². The van der Waals surface area contributed by atoms with Crippen LogP contribution >= 0.6 is 0 Å². The maximum absolute atomic E-state index is 14.0. The Bertz CT molecular complexity index is 1860. The van der Waals surface area contributed by atoms with Crippen LogP contribution in [0.5, 0.6) is 0 Å². The molecule has 4 aromatic rings. The SMILES string of the molecule is C=CC(=O)N1CC2c3c(nn(-c4ccc(C5CC5)cc4)c3CCN2C(=O)c2ccc(C(F)(F)F)cc2)C(n2ccccc2=O)C1. The number of alkyl halides is 3. The van der Waals surface area contributed by atoms with E-state index in [-0.39, 0.29) is 36.7 Å². The van der Waals surface area contributed by atoms with Crippen LogP contribution in [0.2, 0.25) is 0 Å². The Morgan fingerprint density at radius 1 is 0.933 bits per heavy atom. The summed E-state index contributed by atoms with van der Waals surface area (Å²) in [6.45, 7) is 4.12. The molecule has 8 nitrogen and oxygen atoms in total. The van der Waals surface area contributed by atoms with Crippen molar-refractivity contribution in [1.82, 2.24) is 24.1 Å². The number of benzene rings is 2. The monoisotopic (exact) mass is 613 g/mol. The minimum Gasteiger partial charge on any atom is -0.334 e. The van der Waals surface area contributed by atoms with Crippen LogP contribution in [0.1, 0.15) is 69.3 Å². The van der Waals surface area contributed by atoms with E-state index in [4.69, 9.17) is 5.10 Å². The summed E-state index contributed by atoms with van der Waals surface area (Å²) in [4.78, 5) is 43.4. The molecule has 0 spiro atoms. The van der Waals surface area contributed by atoms with Crippen LogP contribution < -0.4 is 5.56 Å². The van der Waals surface area contributed by atoms with Crippen molar-refractivity contribution in [2.45, 2.75) is 43.4 Å². The van der Waals surface area contributed by atoms with Gasteiger partial charge in [-0.15, -0.1) is 0 Å². The van der Waals surface area contributed by atoms with Crippen molar-refractivity contribution in [3.8, 4) is 5.69 Å². The molecule has 0 saturated heterocycles. The molecule has 45 heavy (non-hydrogen) atoms. The van der Waals surface area contributed by atoms with E-state index in [1.165, 1.54) is 42.7 Å². The number of hydrogen-bond donors (Lipinski definition) is 0. The average molecular weight is 614 g/mol. The summed E-state index contributed by atoms with van der Waals surface area (Å²) in [6.07, 6.45) is 1.10. The number of carbonyl (C=O) groups is 2. The van der Waals surface area contributed by atoms with E-state index >= 15 is 0 Å². The third-order valence-electron chi connectivity index (χ3n) is 9.03. The summed E-state index contributed by atoms with van der Waals surface area (Å²) in [6, 6.07) is 16.0. The van der Waals surface area contributed by atoms with Gasteiger partial charge in [-0.25, -0.2) is 4.68 Å². The Hall–Kier alpha value is -4.93. The Kier molecular flexibility index (Phi) is 6.98. The van der Waals surface area contributed by atoms with E-state index in [1.54, 1.807) is 32.7 Å². The molecule has 2 aliphatic heterocycles. The molecule has 2 aromatic heterocycles. The summed E-state index contributed by atoms with van der Waals surface area (Å²) in [5.74, 6) is -0.233. The highest BCUT2D eigenvalue weighted by Gasteiger charge is 2.43. The van der Waals surface area contributed by atoms with Gasteiger partial charge >= 0.3 is 6.18 Å². The summed E-state index contributed by atoms with van der Waals surface area (Å²) in [5.41, 5.74) is 3.31. The Morgan fingerprint density at radius 2 is 1.64 bits per heavy atom. The van der Waals surface area contributed by atoms with Gasteiger partial charge in [0.2, 0.25) is 5.91 Å². The summed E-state index contributed by atoms with van der Waals surface area (Å²) >= 11 is 0. The van der Waals surface area contributed by atoms with Crippen molar-refractivity contribution in [2.24, 2.45) is 0 Å². The molecule has 4 heterocycles. The lowest BCUT2D eigenvalue weighted by molar-refractivity contribution is -0.137. The molecule has 0 bridgehead atoms. The molecular formula is C34H30F3N5O3. The van der Waals surface area contributed by atoms with Gasteiger partial charge in [0.05, 0.1) is 34.7 Å². The number of halogens is 3. The fraction of sp³-hybridized carbons (Fsp3) is 0.294. The number of nitrogens with zero attached hydrogens (tertiary/aromatic N) is 5. The van der Waals surface area contributed by atoms with Crippen LogP contribution in [0, 0.1) is 0 Å². The normalized spacial score (nSPS) is 19.5. The third kappa shape index (κ3) is 5.15. The highest BCUT2D eigenvalue weighted by Crippen LogP contribution is 2.43. The molecule has 1 saturated carbocycles. The van der Waals surface area contributed by atoms with E-state index in [0.29, 0.717) is 18.0 Å². The van der Waals surface area contributed by atoms with E-state index < -0.39 is 29.7 Å². The number of hydrogen-bond acceptors (Lipinski definition) is 4. The van der Waals surface area contributed by atoms with Crippen LogP contribution in [0.3, 0.4) is 0 Å². The lowest BCUT2D eigenvalue weighted by Gasteiger charge is -2.37. The lowest BCUT2D eigenvalue weighted by atomic mass is 9.93. The van der Waals surface area contributed by atoms with Crippen LogP contribution in [0.4, 0.5) is 13.2 Å². The molecule has 2 atom stereocenters. The first-order chi connectivity index (χ1) is 21.6. The zero-order valence-corrected chi connectivity index (χ0v) is 24.3. The number of pyridine rings is 1. The molecule has 11 heteroatoms. The van der Waals surface area contributed by atoms with Crippen molar-refractivity contribution < 1.29 is 22.8 Å². The van der Waals surface area contributed by atoms with Gasteiger partial charge in [0.1, 0.15) is 0 Å². The molecule has 0 N–H and O–H groups in total. The van der Waals surface area contributed by atoms with E-state index in [1.807, 2.05) is 16.8 Å². The van der Waals surface area contributed by atoms with E-state index in [2.05, 4.69) is 18.7 Å². The highest BCUT2D eigenvalue weighted by molar-refractivity contribution is 5.95. The topological polar surface area (TPSA) is 80.4 Å². The van der Waals surface area contributed by atoms with Gasteiger partial charge in [-0.1, -0.05) is 24.8 Å². The standard InChI is InChI=1S/C34H30F3N5O3/c1-2-29(43)39-19-27-31-26(16-18-41(27)33(45)23-8-12-24(13-9-23)34(35,36)37)42(25-14-10-22(11-15-25)21-6-7-21)38-32(31)28(20-39)40-17-4-3-5-30(40)44/h2-5,8-15,17,21,27-28H,1,6-7,16,18-20H2. The van der Waals surface area contributed by atoms with Gasteiger partial charge in [0.25, 0.3) is 11.5 Å². The summed E-state index contributed by atoms with van der Waals surface area (Å²) < 4.78 is 43.2. The van der Waals surface area contributed by atoms with Gasteiger partial charge in [-0.05, 0) is 72.9 Å². The van der Waals surface area contributed by atoms with Crippen molar-refractivity contribution in [3.05, 3.63) is 130 Å². The van der Waals surface area contributed by atoms with Crippen LogP contribution in [-0.4, -0.2) is 55.6 Å². The first-order valence-electron chi connectivity index (χ1n) is 14.9. The van der Waals surface area contributed by atoms with Crippen molar-refractivity contribution >= 4 is 11.8 Å². The first-order valence-corrected chi connectivity index (χ1v) is 14.9. The second-order valence-electron chi connectivity index (χ2n) is 11.8. The molecular weight excluding hydrogens is 583 g/mol. The smallest absolute Gasteiger partial charge is 0.334 e. The molecule has 2 aromatic carbocycles. The summed E-state index contributed by atoms with van der Waals surface area (Å²) in [7, 11) is 0. The number of rotatable bonds is 5. The molecule has 230 valence electrons. The van der Waals surface area contributed by atoms with Crippen molar-refractivity contribution in [3.63, 3.8) is 0 Å². The maximum atomic E-state index is 14.0. The first kappa shape index (κ1) is 28.8. The van der Waals surface area contributed by atoms with Crippen molar-refractivity contribution in [2.75, 3.05) is 19.6 Å². The lowest BCUT2D eigenvalue weighted by Crippen LogP contribution is -2.46. The van der Waals surface area contributed by atoms with Crippen molar-refractivity contribution in [1.29, 1.82) is 0 Å². The number of carbonyl (C=O) groups excluding carboxylic acids is 2. The number of aromatic nitrogens is 3. The van der Waals surface area contributed by atoms with Gasteiger partial charge in [-0.2, -0.15) is 18.3 Å². The molecule has 0 radical (unpaired) electrons. The molecule has 1 aliphatic carbocycles. The Labute approximate surface area is 257 Å². The van der Waals surface area contributed by atoms with Gasteiger partial charge in [0.15, 0.2) is 0 Å². The average Bonchev–Trinajstić information content (AvgIpc) is 3.85. The predicted octanol–water partition coefficient (Wildman–Crippen LogP) is 5.29. The van der Waals surface area contributed by atoms with E-state index in [9.17, 15) is 27.6 Å². The second kappa shape index (κ2) is 10.9. The summed E-state index contributed by atoms with van der Waals surface area (Å²) in [5, 5.41) is 5.09. The quantitative estimate of drug-likeness (QED) is 0.287. The molecule has 1 fully saturated rings. The van der Waals surface area contributed by atoms with Crippen LogP contribution in [0.25, 0.3) is 5.69 Å². The Morgan fingerprint density at radius 3 is 2.29 bits per heavy atom. The second-order valence-corrected chi connectivity index (χ2v) is 11.8. The fourth-order valence-electron chi connectivity index (χ4n) is 6.59. The zero-order chi connectivity index (χ0) is 31.5. The largest absolute Gasteiger partial charge is 0.416 e. The highest BCUT2D eigenvalue weighted by atomic mass is 19.4. The van der Waals surface area contributed by atoms with Crippen LogP contribution in [0.15, 0.2) is 90.4 Å². The predicted molar refractivity (Wildman–Crippen MR) is 160 cm³/mol. The van der Waals surface area contributed by atoms with Gasteiger partial charge in [0, 0.05) is 49.4 Å². The minimum absolute atomic E-state index is 0.0988. The Balaban J connectivity index is 1.37. The maximum Gasteiger partial charge on any atom is 0.416 e. The minimum atomic E-state index is -4.53. The van der Waals surface area contributed by atoms with E-state index in [0.717, 1.165) is 29.1 Å². The molecule has 2 unspecified atom stereocenters. The fourth-order valence-corrected chi connectivity index (χ4v) is 6.59. The molecule has 2 amide bonds. The number of amides is 2. The molecule has 3 aliphatic rings. The zero-order valence-electron chi connectivity index (χ0n) is 24.3.